The van der Waals surface area contributed by atoms with Gasteiger partial charge >= 0.3 is 6.18 Å². The van der Waals surface area contributed by atoms with Gasteiger partial charge in [-0.2, -0.15) is 18.3 Å². The summed E-state index contributed by atoms with van der Waals surface area (Å²) >= 11 is 6.18. The lowest BCUT2D eigenvalue weighted by Gasteiger charge is -2.14. The molecule has 0 fully saturated rings. The van der Waals surface area contributed by atoms with Crippen LogP contribution in [0.5, 0.6) is 0 Å². The van der Waals surface area contributed by atoms with E-state index in [0.29, 0.717) is 22.8 Å². The molecule has 0 saturated carbocycles. The predicted octanol–water partition coefficient (Wildman–Crippen LogP) is 5.93. The summed E-state index contributed by atoms with van der Waals surface area (Å²) in [5.41, 5.74) is 3.15. The van der Waals surface area contributed by atoms with Crippen molar-refractivity contribution in [3.8, 4) is 11.3 Å². The molecule has 2 aromatic carbocycles. The Morgan fingerprint density at radius 1 is 1.07 bits per heavy atom. The number of rotatable bonds is 5. The van der Waals surface area contributed by atoms with Crippen molar-refractivity contribution in [2.45, 2.75) is 26.1 Å². The molecule has 1 aromatic heterocycles. The first-order valence-corrected chi connectivity index (χ1v) is 8.89. The topological polar surface area (TPSA) is 29.9 Å². The standard InChI is InChI=1S/C20H19ClF3N3/c1-3-13-10-14(18-11-19(20(22,23)24)26-27(18)2)8-9-17(13)25-12-15-6-4-5-7-16(15)21/h4-11,25H,3,12H2,1-2H3. The average molecular weight is 394 g/mol. The summed E-state index contributed by atoms with van der Waals surface area (Å²) < 4.78 is 40.0. The van der Waals surface area contributed by atoms with Crippen LogP contribution in [0.1, 0.15) is 23.7 Å². The number of benzene rings is 2. The summed E-state index contributed by atoms with van der Waals surface area (Å²) in [4.78, 5) is 0. The molecule has 0 amide bonds. The molecule has 142 valence electrons. The quantitative estimate of drug-likeness (QED) is 0.581. The van der Waals surface area contributed by atoms with E-state index in [1.807, 2.05) is 43.3 Å². The van der Waals surface area contributed by atoms with E-state index in [1.54, 1.807) is 6.07 Å². The fourth-order valence-corrected chi connectivity index (χ4v) is 3.13. The lowest BCUT2D eigenvalue weighted by atomic mass is 10.0. The van der Waals surface area contributed by atoms with Gasteiger partial charge < -0.3 is 5.32 Å². The molecule has 0 radical (unpaired) electrons. The van der Waals surface area contributed by atoms with Gasteiger partial charge in [-0.05, 0) is 41.8 Å². The lowest BCUT2D eigenvalue weighted by Crippen LogP contribution is -2.06. The zero-order valence-electron chi connectivity index (χ0n) is 14.9. The molecule has 3 aromatic rings. The predicted molar refractivity (Wildman–Crippen MR) is 102 cm³/mol. The SMILES string of the molecule is CCc1cc(-c2cc(C(F)(F)F)nn2C)ccc1NCc1ccccc1Cl. The molecule has 1 heterocycles. The van der Waals surface area contributed by atoms with Crippen molar-refractivity contribution in [3.05, 3.63) is 70.4 Å². The highest BCUT2D eigenvalue weighted by Crippen LogP contribution is 2.33. The van der Waals surface area contributed by atoms with Gasteiger partial charge in [0.25, 0.3) is 0 Å². The van der Waals surface area contributed by atoms with Crippen molar-refractivity contribution in [1.82, 2.24) is 9.78 Å². The van der Waals surface area contributed by atoms with Crippen molar-refractivity contribution in [1.29, 1.82) is 0 Å². The molecule has 0 saturated heterocycles. The Labute approximate surface area is 160 Å². The number of aryl methyl sites for hydroxylation is 2. The summed E-state index contributed by atoms with van der Waals surface area (Å²) in [5, 5.41) is 7.63. The van der Waals surface area contributed by atoms with Crippen LogP contribution >= 0.6 is 11.6 Å². The summed E-state index contributed by atoms with van der Waals surface area (Å²) in [5.74, 6) is 0. The van der Waals surface area contributed by atoms with Crippen molar-refractivity contribution in [2.24, 2.45) is 7.05 Å². The first-order valence-electron chi connectivity index (χ1n) is 8.51. The second-order valence-electron chi connectivity index (χ2n) is 6.21. The fourth-order valence-electron chi connectivity index (χ4n) is 2.93. The molecule has 7 heteroatoms. The molecule has 0 aliphatic rings. The van der Waals surface area contributed by atoms with Crippen LogP contribution in [0.3, 0.4) is 0 Å². The monoisotopic (exact) mass is 393 g/mol. The Morgan fingerprint density at radius 2 is 1.81 bits per heavy atom. The fraction of sp³-hybridized carbons (Fsp3) is 0.250. The third kappa shape index (κ3) is 4.27. The number of anilines is 1. The molecule has 3 rings (SSSR count). The second-order valence-corrected chi connectivity index (χ2v) is 6.61. The van der Waals surface area contributed by atoms with Gasteiger partial charge in [0.05, 0.1) is 5.69 Å². The Morgan fingerprint density at radius 3 is 2.44 bits per heavy atom. The molecule has 3 nitrogen and oxygen atoms in total. The van der Waals surface area contributed by atoms with Crippen LogP contribution in [0.15, 0.2) is 48.5 Å². The third-order valence-electron chi connectivity index (χ3n) is 4.38. The minimum absolute atomic E-state index is 0.426. The third-order valence-corrected chi connectivity index (χ3v) is 4.75. The molecular formula is C20H19ClF3N3. The van der Waals surface area contributed by atoms with Crippen LogP contribution < -0.4 is 5.32 Å². The zero-order valence-corrected chi connectivity index (χ0v) is 15.7. The smallest absolute Gasteiger partial charge is 0.381 e. The summed E-state index contributed by atoms with van der Waals surface area (Å²) in [6.07, 6.45) is -3.72. The van der Waals surface area contributed by atoms with Gasteiger partial charge in [0.1, 0.15) is 0 Å². The maximum atomic E-state index is 12.9. The average Bonchev–Trinajstić information content (AvgIpc) is 3.03. The van der Waals surface area contributed by atoms with Gasteiger partial charge in [-0.1, -0.05) is 42.8 Å². The minimum Gasteiger partial charge on any atom is -0.381 e. The number of nitrogens with one attached hydrogen (secondary N) is 1. The maximum absolute atomic E-state index is 12.9. The Balaban J connectivity index is 1.87. The van der Waals surface area contributed by atoms with E-state index in [2.05, 4.69) is 10.4 Å². The van der Waals surface area contributed by atoms with Crippen molar-refractivity contribution >= 4 is 17.3 Å². The number of halogens is 4. The Kier molecular flexibility index (Phi) is 5.46. The van der Waals surface area contributed by atoms with Gasteiger partial charge in [-0.3, -0.25) is 4.68 Å². The van der Waals surface area contributed by atoms with Crippen molar-refractivity contribution in [2.75, 3.05) is 5.32 Å². The largest absolute Gasteiger partial charge is 0.435 e. The van der Waals surface area contributed by atoms with Crippen LogP contribution in [0.25, 0.3) is 11.3 Å². The number of aromatic nitrogens is 2. The summed E-state index contributed by atoms with van der Waals surface area (Å²) in [7, 11) is 1.51. The molecule has 27 heavy (non-hydrogen) atoms. The second kappa shape index (κ2) is 7.64. The minimum atomic E-state index is -4.46. The number of hydrogen-bond donors (Lipinski definition) is 1. The first kappa shape index (κ1) is 19.3. The Hall–Kier alpha value is -2.47. The normalized spacial score (nSPS) is 11.6. The first-order chi connectivity index (χ1) is 12.8. The maximum Gasteiger partial charge on any atom is 0.435 e. The molecule has 0 atom stereocenters. The van der Waals surface area contributed by atoms with Crippen molar-refractivity contribution in [3.63, 3.8) is 0 Å². The molecule has 0 bridgehead atoms. The molecule has 0 aliphatic carbocycles. The van der Waals surface area contributed by atoms with E-state index in [0.717, 1.165) is 29.3 Å². The lowest BCUT2D eigenvalue weighted by molar-refractivity contribution is -0.141. The van der Waals surface area contributed by atoms with Crippen LogP contribution in [-0.4, -0.2) is 9.78 Å². The van der Waals surface area contributed by atoms with Crippen LogP contribution in [0.2, 0.25) is 5.02 Å². The van der Waals surface area contributed by atoms with E-state index in [4.69, 9.17) is 11.6 Å². The summed E-state index contributed by atoms with van der Waals surface area (Å²) in [6.45, 7) is 2.57. The van der Waals surface area contributed by atoms with Gasteiger partial charge in [0.15, 0.2) is 5.69 Å². The van der Waals surface area contributed by atoms with E-state index in [9.17, 15) is 13.2 Å². The van der Waals surface area contributed by atoms with Crippen LogP contribution in [0.4, 0.5) is 18.9 Å². The van der Waals surface area contributed by atoms with Crippen molar-refractivity contribution < 1.29 is 13.2 Å². The molecule has 0 unspecified atom stereocenters. The molecular weight excluding hydrogens is 375 g/mol. The molecule has 1 N–H and O–H groups in total. The van der Waals surface area contributed by atoms with E-state index in [-0.39, 0.29) is 0 Å². The molecule has 0 aliphatic heterocycles. The van der Waals surface area contributed by atoms with E-state index in [1.165, 1.54) is 11.7 Å². The molecule has 0 spiro atoms. The van der Waals surface area contributed by atoms with Gasteiger partial charge in [-0.15, -0.1) is 0 Å². The highest BCUT2D eigenvalue weighted by molar-refractivity contribution is 6.31. The zero-order chi connectivity index (χ0) is 19.6. The van der Waals surface area contributed by atoms with Crippen LogP contribution in [0, 0.1) is 0 Å². The number of alkyl halides is 3. The summed E-state index contributed by atoms with van der Waals surface area (Å²) in [6, 6.07) is 14.2. The Bertz CT molecular complexity index is 948. The number of nitrogens with zero attached hydrogens (tertiary/aromatic N) is 2. The highest BCUT2D eigenvalue weighted by Gasteiger charge is 2.34. The van der Waals surface area contributed by atoms with Gasteiger partial charge in [-0.25, -0.2) is 0 Å². The van der Waals surface area contributed by atoms with E-state index >= 15 is 0 Å². The van der Waals surface area contributed by atoms with Gasteiger partial charge in [0.2, 0.25) is 0 Å². The number of hydrogen-bond acceptors (Lipinski definition) is 2. The van der Waals surface area contributed by atoms with Gasteiger partial charge in [0, 0.05) is 29.9 Å². The highest BCUT2D eigenvalue weighted by atomic mass is 35.5. The van der Waals surface area contributed by atoms with E-state index < -0.39 is 11.9 Å². The van der Waals surface area contributed by atoms with Crippen LogP contribution in [-0.2, 0) is 26.2 Å².